The molecule has 2 nitrogen and oxygen atoms in total. The first kappa shape index (κ1) is 15.5. The highest BCUT2D eigenvalue weighted by molar-refractivity contribution is 5.21. The Kier molecular flexibility index (Phi) is 5.62. The van der Waals surface area contributed by atoms with Gasteiger partial charge in [0.15, 0.2) is 0 Å². The number of nitrogens with zero attached hydrogens (tertiary/aromatic N) is 1. The second-order valence-corrected chi connectivity index (χ2v) is 6.69. The second-order valence-electron chi connectivity index (χ2n) is 6.69. The zero-order chi connectivity index (χ0) is 14.4. The molecule has 1 aromatic rings. The summed E-state index contributed by atoms with van der Waals surface area (Å²) in [4.78, 5) is 2.51. The molecule has 112 valence electrons. The van der Waals surface area contributed by atoms with Crippen LogP contribution in [0, 0.1) is 12.3 Å². The van der Waals surface area contributed by atoms with Crippen molar-refractivity contribution in [1.82, 2.24) is 10.2 Å². The number of hydrogen-bond donors (Lipinski definition) is 1. The highest BCUT2D eigenvalue weighted by Crippen LogP contribution is 2.32. The van der Waals surface area contributed by atoms with E-state index < -0.39 is 0 Å². The average molecular weight is 274 g/mol. The SMILES string of the molecule is CCCC1(CN(C)Cc2ccc(C)cc2)CCCNC1. The van der Waals surface area contributed by atoms with Crippen LogP contribution in [0.4, 0.5) is 0 Å². The van der Waals surface area contributed by atoms with Crippen molar-refractivity contribution in [3.63, 3.8) is 0 Å². The van der Waals surface area contributed by atoms with Crippen LogP contribution in [0.1, 0.15) is 43.7 Å². The molecule has 1 N–H and O–H groups in total. The van der Waals surface area contributed by atoms with E-state index in [1.807, 2.05) is 0 Å². The van der Waals surface area contributed by atoms with Gasteiger partial charge >= 0.3 is 0 Å². The van der Waals surface area contributed by atoms with Crippen LogP contribution in [-0.2, 0) is 6.54 Å². The van der Waals surface area contributed by atoms with Gasteiger partial charge in [-0.2, -0.15) is 0 Å². The fourth-order valence-corrected chi connectivity index (χ4v) is 3.62. The lowest BCUT2D eigenvalue weighted by Gasteiger charge is -2.40. The minimum Gasteiger partial charge on any atom is -0.316 e. The van der Waals surface area contributed by atoms with Crippen LogP contribution in [0.3, 0.4) is 0 Å². The van der Waals surface area contributed by atoms with Gasteiger partial charge in [0.2, 0.25) is 0 Å². The van der Waals surface area contributed by atoms with Crippen molar-refractivity contribution in [3.8, 4) is 0 Å². The van der Waals surface area contributed by atoms with Gasteiger partial charge in [-0.1, -0.05) is 43.2 Å². The van der Waals surface area contributed by atoms with Crippen LogP contribution < -0.4 is 5.32 Å². The van der Waals surface area contributed by atoms with E-state index in [1.54, 1.807) is 0 Å². The fraction of sp³-hybridized carbons (Fsp3) is 0.667. The Balaban J connectivity index is 1.93. The van der Waals surface area contributed by atoms with Crippen LogP contribution in [0.2, 0.25) is 0 Å². The largest absolute Gasteiger partial charge is 0.316 e. The average Bonchev–Trinajstić information content (AvgIpc) is 2.42. The maximum atomic E-state index is 3.61. The monoisotopic (exact) mass is 274 g/mol. The lowest BCUT2D eigenvalue weighted by atomic mass is 9.76. The molecule has 1 saturated heterocycles. The third-order valence-electron chi connectivity index (χ3n) is 4.52. The Morgan fingerprint density at radius 1 is 1.25 bits per heavy atom. The van der Waals surface area contributed by atoms with Crippen molar-refractivity contribution in [3.05, 3.63) is 35.4 Å². The molecular weight excluding hydrogens is 244 g/mol. The van der Waals surface area contributed by atoms with Crippen LogP contribution in [0.5, 0.6) is 0 Å². The van der Waals surface area contributed by atoms with Crippen molar-refractivity contribution in [2.75, 3.05) is 26.7 Å². The van der Waals surface area contributed by atoms with Crippen molar-refractivity contribution in [1.29, 1.82) is 0 Å². The summed E-state index contributed by atoms with van der Waals surface area (Å²) in [7, 11) is 2.27. The summed E-state index contributed by atoms with van der Waals surface area (Å²) >= 11 is 0. The summed E-state index contributed by atoms with van der Waals surface area (Å²) in [5, 5.41) is 3.61. The van der Waals surface area contributed by atoms with Crippen molar-refractivity contribution in [2.45, 2.75) is 46.1 Å². The molecule has 0 aliphatic carbocycles. The molecule has 1 aromatic carbocycles. The quantitative estimate of drug-likeness (QED) is 0.852. The molecule has 0 bridgehead atoms. The first-order valence-corrected chi connectivity index (χ1v) is 8.08. The van der Waals surface area contributed by atoms with Gasteiger partial charge in [-0.3, -0.25) is 0 Å². The summed E-state index contributed by atoms with van der Waals surface area (Å²) in [6.07, 6.45) is 5.35. The minimum atomic E-state index is 0.493. The molecule has 1 atom stereocenters. The predicted octanol–water partition coefficient (Wildman–Crippen LogP) is 3.60. The molecule has 1 unspecified atom stereocenters. The highest BCUT2D eigenvalue weighted by atomic mass is 15.1. The molecule has 1 fully saturated rings. The number of hydrogen-bond acceptors (Lipinski definition) is 2. The number of aryl methyl sites for hydroxylation is 1. The molecule has 2 rings (SSSR count). The Bertz CT molecular complexity index is 385. The normalized spacial score (nSPS) is 23.2. The number of piperidine rings is 1. The third kappa shape index (κ3) is 4.32. The van der Waals surface area contributed by atoms with Crippen LogP contribution >= 0.6 is 0 Å². The van der Waals surface area contributed by atoms with Gasteiger partial charge < -0.3 is 10.2 Å². The lowest BCUT2D eigenvalue weighted by molar-refractivity contribution is 0.118. The zero-order valence-electron chi connectivity index (χ0n) is 13.4. The van der Waals surface area contributed by atoms with E-state index in [2.05, 4.69) is 55.4 Å². The molecule has 0 radical (unpaired) electrons. The number of nitrogens with one attached hydrogen (secondary N) is 1. The summed E-state index contributed by atoms with van der Waals surface area (Å²) < 4.78 is 0. The predicted molar refractivity (Wildman–Crippen MR) is 87.0 cm³/mol. The van der Waals surface area contributed by atoms with E-state index in [9.17, 15) is 0 Å². The molecule has 0 amide bonds. The summed E-state index contributed by atoms with van der Waals surface area (Å²) in [6.45, 7) is 9.13. The van der Waals surface area contributed by atoms with E-state index >= 15 is 0 Å². The molecule has 0 aromatic heterocycles. The molecule has 20 heavy (non-hydrogen) atoms. The van der Waals surface area contributed by atoms with Gasteiger partial charge in [0.1, 0.15) is 0 Å². The van der Waals surface area contributed by atoms with E-state index in [0.717, 1.165) is 6.54 Å². The number of benzene rings is 1. The van der Waals surface area contributed by atoms with Crippen molar-refractivity contribution >= 4 is 0 Å². The number of rotatable bonds is 6. The van der Waals surface area contributed by atoms with Crippen LogP contribution in [-0.4, -0.2) is 31.6 Å². The van der Waals surface area contributed by atoms with E-state index in [1.165, 1.54) is 56.4 Å². The Labute approximate surface area is 124 Å². The molecule has 0 saturated carbocycles. The van der Waals surface area contributed by atoms with Crippen molar-refractivity contribution in [2.24, 2.45) is 5.41 Å². The van der Waals surface area contributed by atoms with Crippen LogP contribution in [0.15, 0.2) is 24.3 Å². The molecule has 2 heteroatoms. The van der Waals surface area contributed by atoms with Gasteiger partial charge in [-0.05, 0) is 50.8 Å². The molecule has 1 heterocycles. The van der Waals surface area contributed by atoms with Crippen LogP contribution in [0.25, 0.3) is 0 Å². The molecule has 1 aliphatic rings. The Hall–Kier alpha value is -0.860. The summed E-state index contributed by atoms with van der Waals surface area (Å²) in [5.41, 5.74) is 3.26. The first-order chi connectivity index (χ1) is 9.63. The van der Waals surface area contributed by atoms with Crippen molar-refractivity contribution < 1.29 is 0 Å². The first-order valence-electron chi connectivity index (χ1n) is 8.08. The maximum absolute atomic E-state index is 3.61. The van der Waals surface area contributed by atoms with Gasteiger partial charge in [0, 0.05) is 19.6 Å². The Morgan fingerprint density at radius 3 is 2.60 bits per heavy atom. The second kappa shape index (κ2) is 7.24. The van der Waals surface area contributed by atoms with E-state index in [-0.39, 0.29) is 0 Å². The fourth-order valence-electron chi connectivity index (χ4n) is 3.62. The molecule has 0 spiro atoms. The third-order valence-corrected chi connectivity index (χ3v) is 4.52. The standard InChI is InChI=1S/C18H30N2/c1-4-10-18(11-5-12-19-14-18)15-20(3)13-17-8-6-16(2)7-9-17/h6-9,19H,4-5,10-15H2,1-3H3. The minimum absolute atomic E-state index is 0.493. The van der Waals surface area contributed by atoms with Gasteiger partial charge in [-0.15, -0.1) is 0 Å². The van der Waals surface area contributed by atoms with Gasteiger partial charge in [0.25, 0.3) is 0 Å². The maximum Gasteiger partial charge on any atom is 0.0230 e. The zero-order valence-corrected chi connectivity index (χ0v) is 13.4. The Morgan fingerprint density at radius 2 is 2.00 bits per heavy atom. The van der Waals surface area contributed by atoms with E-state index in [0.29, 0.717) is 5.41 Å². The lowest BCUT2D eigenvalue weighted by Crippen LogP contribution is -2.46. The summed E-state index contributed by atoms with van der Waals surface area (Å²) in [5.74, 6) is 0. The molecular formula is C18H30N2. The topological polar surface area (TPSA) is 15.3 Å². The smallest absolute Gasteiger partial charge is 0.0230 e. The van der Waals surface area contributed by atoms with Gasteiger partial charge in [0.05, 0.1) is 0 Å². The molecule has 1 aliphatic heterocycles. The highest BCUT2D eigenvalue weighted by Gasteiger charge is 2.32. The van der Waals surface area contributed by atoms with E-state index in [4.69, 9.17) is 0 Å². The van der Waals surface area contributed by atoms with Gasteiger partial charge in [-0.25, -0.2) is 0 Å². The summed E-state index contributed by atoms with van der Waals surface area (Å²) in [6, 6.07) is 8.95.